The number of benzene rings is 1. The van der Waals surface area contributed by atoms with Crippen molar-refractivity contribution >= 4 is 23.5 Å². The third-order valence-corrected chi connectivity index (χ3v) is 7.24. The van der Waals surface area contributed by atoms with Crippen LogP contribution in [0.1, 0.15) is 39.2 Å². The van der Waals surface area contributed by atoms with Crippen LogP contribution in [0.5, 0.6) is 0 Å². The number of piperazine rings is 1. The summed E-state index contributed by atoms with van der Waals surface area (Å²) in [6.45, 7) is 9.45. The highest BCUT2D eigenvalue weighted by atomic mass is 35.5. The van der Waals surface area contributed by atoms with E-state index in [1.54, 1.807) is 4.90 Å². The molecule has 0 radical (unpaired) electrons. The van der Waals surface area contributed by atoms with Crippen LogP contribution in [0.4, 0.5) is 10.6 Å². The van der Waals surface area contributed by atoms with Crippen LogP contribution in [0, 0.1) is 0 Å². The first-order valence-electron chi connectivity index (χ1n) is 12.5. The molecule has 2 aliphatic heterocycles. The van der Waals surface area contributed by atoms with Gasteiger partial charge in [0.1, 0.15) is 5.82 Å². The fourth-order valence-corrected chi connectivity index (χ4v) is 5.31. The van der Waals surface area contributed by atoms with Gasteiger partial charge >= 0.3 is 6.09 Å². The van der Waals surface area contributed by atoms with Gasteiger partial charge in [-0.05, 0) is 69.9 Å². The Hall–Kier alpha value is -2.35. The summed E-state index contributed by atoms with van der Waals surface area (Å²) >= 11 is 6.10. The summed E-state index contributed by atoms with van der Waals surface area (Å²) in [5.41, 5.74) is 0.855. The topological polar surface area (TPSA) is 69.1 Å². The summed E-state index contributed by atoms with van der Waals surface area (Å²) < 4.78 is 6.06. The molecule has 1 aromatic heterocycles. The Balaban J connectivity index is 1.52. The standard InChI is InChI=1S/C27H37ClN4O3/c1-27(2,3)35-19-24-18-31(22-11-14-30(15-12-22)25-6-4-5-13-29-25)23(17-32(24)26(33)34)16-20-7-9-21(28)10-8-20/h4-10,13,22-24H,11-12,14-19H2,1-3H3,(H,33,34)/t23-,24+/m0/s1. The van der Waals surface area contributed by atoms with Crippen LogP contribution in [0.15, 0.2) is 48.7 Å². The van der Waals surface area contributed by atoms with Crippen LogP contribution in [-0.4, -0.2) is 82.5 Å². The predicted molar refractivity (Wildman–Crippen MR) is 139 cm³/mol. The van der Waals surface area contributed by atoms with Gasteiger partial charge < -0.3 is 19.6 Å². The van der Waals surface area contributed by atoms with Gasteiger partial charge in [-0.2, -0.15) is 0 Å². The van der Waals surface area contributed by atoms with Crippen LogP contribution >= 0.6 is 11.6 Å². The molecule has 0 saturated carbocycles. The third kappa shape index (κ3) is 6.87. The average Bonchev–Trinajstić information content (AvgIpc) is 2.84. The van der Waals surface area contributed by atoms with Gasteiger partial charge in [-0.3, -0.25) is 4.90 Å². The molecule has 8 heteroatoms. The zero-order valence-electron chi connectivity index (χ0n) is 20.9. The van der Waals surface area contributed by atoms with Crippen molar-refractivity contribution in [3.8, 4) is 0 Å². The largest absolute Gasteiger partial charge is 0.465 e. The molecule has 7 nitrogen and oxygen atoms in total. The lowest BCUT2D eigenvalue weighted by Crippen LogP contribution is -2.64. The van der Waals surface area contributed by atoms with Crippen molar-refractivity contribution in [1.29, 1.82) is 0 Å². The van der Waals surface area contributed by atoms with Crippen LogP contribution in [0.25, 0.3) is 0 Å². The number of pyridine rings is 1. The van der Waals surface area contributed by atoms with Crippen LogP contribution in [0.3, 0.4) is 0 Å². The fourth-order valence-electron chi connectivity index (χ4n) is 5.18. The zero-order valence-corrected chi connectivity index (χ0v) is 21.7. The SMILES string of the molecule is CC(C)(C)OC[C@H]1CN(C2CCN(c3ccccn3)CC2)[C@@H](Cc2ccc(Cl)cc2)CN1C(=O)O. The Labute approximate surface area is 213 Å². The Morgan fingerprint density at radius 1 is 1.09 bits per heavy atom. The maximum absolute atomic E-state index is 12.2. The van der Waals surface area contributed by atoms with Crippen molar-refractivity contribution in [3.05, 3.63) is 59.2 Å². The number of ether oxygens (including phenoxy) is 1. The van der Waals surface area contributed by atoms with E-state index in [2.05, 4.69) is 20.9 Å². The molecular weight excluding hydrogens is 464 g/mol. The second-order valence-corrected chi connectivity index (χ2v) is 11.0. The number of halogens is 1. The van der Waals surface area contributed by atoms with E-state index in [1.807, 2.05) is 63.4 Å². The van der Waals surface area contributed by atoms with Crippen LogP contribution in [-0.2, 0) is 11.2 Å². The molecule has 190 valence electrons. The number of hydrogen-bond acceptors (Lipinski definition) is 5. The number of amides is 1. The minimum atomic E-state index is -0.877. The van der Waals surface area contributed by atoms with Gasteiger partial charge in [0.25, 0.3) is 0 Å². The van der Waals surface area contributed by atoms with Crippen molar-refractivity contribution in [3.63, 3.8) is 0 Å². The van der Waals surface area contributed by atoms with Crippen molar-refractivity contribution in [2.24, 2.45) is 0 Å². The molecule has 1 N–H and O–H groups in total. The first-order valence-corrected chi connectivity index (χ1v) is 12.9. The Morgan fingerprint density at radius 2 is 1.80 bits per heavy atom. The van der Waals surface area contributed by atoms with E-state index in [-0.39, 0.29) is 17.7 Å². The van der Waals surface area contributed by atoms with E-state index in [0.717, 1.165) is 38.2 Å². The summed E-state index contributed by atoms with van der Waals surface area (Å²) in [7, 11) is 0. The number of carboxylic acid groups (broad SMARTS) is 1. The number of nitrogens with zero attached hydrogens (tertiary/aromatic N) is 4. The molecule has 2 fully saturated rings. The first-order chi connectivity index (χ1) is 16.7. The number of carbonyl (C=O) groups is 1. The quantitative estimate of drug-likeness (QED) is 0.614. The van der Waals surface area contributed by atoms with E-state index in [9.17, 15) is 9.90 Å². The molecule has 0 bridgehead atoms. The van der Waals surface area contributed by atoms with Gasteiger partial charge in [-0.15, -0.1) is 0 Å². The fraction of sp³-hybridized carbons (Fsp3) is 0.556. The van der Waals surface area contributed by atoms with Crippen LogP contribution in [0.2, 0.25) is 5.02 Å². The van der Waals surface area contributed by atoms with E-state index >= 15 is 0 Å². The lowest BCUT2D eigenvalue weighted by atomic mass is 9.94. The van der Waals surface area contributed by atoms with Gasteiger partial charge in [-0.25, -0.2) is 9.78 Å². The van der Waals surface area contributed by atoms with Gasteiger partial charge in [0, 0.05) is 49.5 Å². The molecule has 1 aromatic carbocycles. The molecule has 0 spiro atoms. The van der Waals surface area contributed by atoms with Crippen molar-refractivity contribution < 1.29 is 14.6 Å². The highest BCUT2D eigenvalue weighted by Crippen LogP contribution is 2.29. The van der Waals surface area contributed by atoms with Gasteiger partial charge in [-0.1, -0.05) is 29.8 Å². The molecule has 35 heavy (non-hydrogen) atoms. The summed E-state index contributed by atoms with van der Waals surface area (Å²) in [6, 6.07) is 14.2. The molecule has 1 amide bonds. The van der Waals surface area contributed by atoms with Crippen molar-refractivity contribution in [2.45, 2.75) is 63.8 Å². The smallest absolute Gasteiger partial charge is 0.407 e. The number of rotatable bonds is 6. The summed E-state index contributed by atoms with van der Waals surface area (Å²) in [5, 5.41) is 10.7. The minimum Gasteiger partial charge on any atom is -0.465 e. The van der Waals surface area contributed by atoms with E-state index in [0.29, 0.717) is 30.8 Å². The maximum Gasteiger partial charge on any atom is 0.407 e. The molecule has 4 rings (SSSR count). The monoisotopic (exact) mass is 500 g/mol. The first kappa shape index (κ1) is 25.7. The molecule has 0 aliphatic carbocycles. The second-order valence-electron chi connectivity index (χ2n) is 10.6. The van der Waals surface area contributed by atoms with Crippen molar-refractivity contribution in [1.82, 2.24) is 14.8 Å². The Bertz CT molecular complexity index is 959. The summed E-state index contributed by atoms with van der Waals surface area (Å²) in [4.78, 5) is 23.2. The Morgan fingerprint density at radius 3 is 2.40 bits per heavy atom. The van der Waals surface area contributed by atoms with Crippen LogP contribution < -0.4 is 4.90 Å². The third-order valence-electron chi connectivity index (χ3n) is 6.98. The predicted octanol–water partition coefficient (Wildman–Crippen LogP) is 4.79. The lowest BCUT2D eigenvalue weighted by molar-refractivity contribution is -0.0672. The average molecular weight is 501 g/mol. The molecular formula is C27H37ClN4O3. The number of hydrogen-bond donors (Lipinski definition) is 1. The van der Waals surface area contributed by atoms with Gasteiger partial charge in [0.05, 0.1) is 18.2 Å². The highest BCUT2D eigenvalue weighted by Gasteiger charge is 2.40. The molecule has 2 saturated heterocycles. The molecule has 2 atom stereocenters. The minimum absolute atomic E-state index is 0.101. The molecule has 0 unspecified atom stereocenters. The van der Waals surface area contributed by atoms with E-state index in [1.165, 1.54) is 5.56 Å². The molecule has 3 heterocycles. The van der Waals surface area contributed by atoms with Gasteiger partial charge in [0.15, 0.2) is 0 Å². The normalized spacial score (nSPS) is 22.4. The maximum atomic E-state index is 12.2. The summed E-state index contributed by atoms with van der Waals surface area (Å²) in [5.74, 6) is 1.02. The summed E-state index contributed by atoms with van der Waals surface area (Å²) in [6.07, 6.45) is 3.79. The lowest BCUT2D eigenvalue weighted by Gasteiger charge is -2.50. The number of anilines is 1. The Kier molecular flexibility index (Phi) is 8.19. The highest BCUT2D eigenvalue weighted by molar-refractivity contribution is 6.30. The molecule has 2 aliphatic rings. The van der Waals surface area contributed by atoms with E-state index < -0.39 is 6.09 Å². The van der Waals surface area contributed by atoms with Gasteiger partial charge in [0.2, 0.25) is 0 Å². The van der Waals surface area contributed by atoms with Crippen molar-refractivity contribution in [2.75, 3.05) is 37.7 Å². The zero-order chi connectivity index (χ0) is 25.0. The molecule has 2 aromatic rings. The number of aromatic nitrogens is 1. The van der Waals surface area contributed by atoms with E-state index in [4.69, 9.17) is 16.3 Å². The number of piperidine rings is 1. The second kappa shape index (κ2) is 11.1.